The second kappa shape index (κ2) is 10.2. The number of ether oxygens (including phenoxy) is 2. The van der Waals surface area contributed by atoms with E-state index in [2.05, 4.69) is 61.8 Å². The van der Waals surface area contributed by atoms with Gasteiger partial charge in [-0.05, 0) is 113 Å². The maximum absolute atomic E-state index is 12.3. The summed E-state index contributed by atoms with van der Waals surface area (Å²) in [4.78, 5) is 2.53. The Morgan fingerprint density at radius 2 is 1.71 bits per heavy atom. The van der Waals surface area contributed by atoms with Gasteiger partial charge in [0, 0.05) is 43.0 Å². The van der Waals surface area contributed by atoms with Gasteiger partial charge < -0.3 is 23.9 Å². The number of nitrogens with zero attached hydrogens (tertiary/aromatic N) is 2. The number of hydrogen-bond donors (Lipinski definition) is 1. The second-order valence-corrected chi connectivity index (χ2v) is 19.9. The molecule has 0 aromatic heterocycles. The van der Waals surface area contributed by atoms with E-state index in [-0.39, 0.29) is 11.3 Å². The molecule has 42 heavy (non-hydrogen) atoms. The van der Waals surface area contributed by atoms with Crippen molar-refractivity contribution >= 4 is 14.0 Å². The van der Waals surface area contributed by atoms with E-state index in [9.17, 15) is 10.4 Å². The first kappa shape index (κ1) is 29.0. The van der Waals surface area contributed by atoms with Gasteiger partial charge in [0.05, 0.1) is 24.9 Å². The number of rotatable bonds is 4. The zero-order valence-electron chi connectivity index (χ0n) is 26.2. The molecule has 0 amide bonds. The van der Waals surface area contributed by atoms with Gasteiger partial charge in [-0.15, -0.1) is 0 Å². The van der Waals surface area contributed by atoms with Crippen LogP contribution in [0.4, 0.5) is 5.69 Å². The Labute approximate surface area is 253 Å². The Morgan fingerprint density at radius 3 is 2.38 bits per heavy atom. The summed E-state index contributed by atoms with van der Waals surface area (Å²) in [7, 11) is -1.98. The summed E-state index contributed by atoms with van der Waals surface area (Å²) in [6.07, 6.45) is 10.4. The van der Waals surface area contributed by atoms with E-state index in [0.717, 1.165) is 58.0 Å². The van der Waals surface area contributed by atoms with Gasteiger partial charge in [-0.1, -0.05) is 24.6 Å². The van der Waals surface area contributed by atoms with E-state index < -0.39 is 25.3 Å². The minimum absolute atomic E-state index is 0.170. The number of aliphatic hydroxyl groups is 1. The fourth-order valence-electron chi connectivity index (χ4n) is 10.3. The van der Waals surface area contributed by atoms with E-state index >= 15 is 0 Å². The molecule has 228 valence electrons. The van der Waals surface area contributed by atoms with Crippen molar-refractivity contribution in [2.45, 2.75) is 120 Å². The van der Waals surface area contributed by atoms with Gasteiger partial charge in [-0.2, -0.15) is 5.26 Å². The SMILES string of the molecule is C[C@]12C[C@H](c3ccc(N4CCCCC4)cc3)C3=C4CCC5(C[C@]4(O)CC[C@H]3[C@@H]1CC[C@@]2(C#N)O[Si](C)(C)C)OCCO5. The summed E-state index contributed by atoms with van der Waals surface area (Å²) in [5.41, 5.74) is 3.51. The standard InChI is InChI=1S/C35H50N2O4Si/c1-32-22-28(25-8-10-26(11-9-25)37-18-6-5-7-19-37)31-27(29(32)13-16-34(32,24-36)41-42(2,3)4)12-15-33(38)23-35(17-14-30(31)33)39-20-21-40-35/h8-11,27-29,38H,5-7,12-23H2,1-4H3/t27-,28+,29-,32-,33+,34-/m0/s1. The summed E-state index contributed by atoms with van der Waals surface area (Å²) >= 11 is 0. The third-order valence-corrected chi connectivity index (χ3v) is 13.0. The highest BCUT2D eigenvalue weighted by molar-refractivity contribution is 6.69. The Hall–Kier alpha value is -1.69. The van der Waals surface area contributed by atoms with Gasteiger partial charge in [-0.25, -0.2) is 0 Å². The normalized spacial score (nSPS) is 39.5. The largest absolute Gasteiger partial charge is 0.399 e. The minimum Gasteiger partial charge on any atom is -0.399 e. The Balaban J connectivity index is 1.32. The molecule has 0 bridgehead atoms. The maximum atomic E-state index is 12.3. The molecule has 0 radical (unpaired) electrons. The molecule has 1 aromatic carbocycles. The molecule has 4 aliphatic carbocycles. The predicted molar refractivity (Wildman–Crippen MR) is 167 cm³/mol. The van der Waals surface area contributed by atoms with Crippen LogP contribution in [-0.2, 0) is 13.9 Å². The van der Waals surface area contributed by atoms with E-state index in [1.54, 1.807) is 0 Å². The molecule has 3 saturated carbocycles. The fourth-order valence-corrected chi connectivity index (χ4v) is 11.7. The Morgan fingerprint density at radius 1 is 1.00 bits per heavy atom. The number of fused-ring (bicyclic) bond motifs is 4. The summed E-state index contributed by atoms with van der Waals surface area (Å²) < 4.78 is 19.2. The number of nitriles is 1. The van der Waals surface area contributed by atoms with E-state index in [1.165, 1.54) is 41.7 Å². The van der Waals surface area contributed by atoms with Crippen molar-refractivity contribution in [3.05, 3.63) is 41.0 Å². The van der Waals surface area contributed by atoms with Crippen LogP contribution in [0, 0.1) is 28.6 Å². The highest BCUT2D eigenvalue weighted by Crippen LogP contribution is 2.69. The summed E-state index contributed by atoms with van der Waals surface area (Å²) in [6.45, 7) is 12.6. The molecule has 1 spiro atoms. The third kappa shape index (κ3) is 4.55. The number of allylic oxidation sites excluding steroid dienone is 1. The maximum Gasteiger partial charge on any atom is 0.185 e. The molecule has 1 aromatic rings. The molecular weight excluding hydrogens is 540 g/mol. The van der Waals surface area contributed by atoms with Crippen LogP contribution in [0.25, 0.3) is 0 Å². The molecule has 2 aliphatic heterocycles. The van der Waals surface area contributed by atoms with Crippen LogP contribution in [0.3, 0.4) is 0 Å². The van der Waals surface area contributed by atoms with Crippen LogP contribution >= 0.6 is 0 Å². The second-order valence-electron chi connectivity index (χ2n) is 15.5. The average molecular weight is 591 g/mol. The molecular formula is C35H50N2O4Si. The van der Waals surface area contributed by atoms with E-state index in [1.807, 2.05) is 0 Å². The lowest BCUT2D eigenvalue weighted by Gasteiger charge is -2.57. The lowest BCUT2D eigenvalue weighted by Crippen LogP contribution is -2.57. The zero-order chi connectivity index (χ0) is 29.4. The molecule has 2 saturated heterocycles. The lowest BCUT2D eigenvalue weighted by molar-refractivity contribution is -0.208. The van der Waals surface area contributed by atoms with Crippen LogP contribution in [0.15, 0.2) is 35.4 Å². The van der Waals surface area contributed by atoms with Gasteiger partial charge in [0.25, 0.3) is 0 Å². The quantitative estimate of drug-likeness (QED) is 0.299. The molecule has 0 unspecified atom stereocenters. The topological polar surface area (TPSA) is 75.0 Å². The molecule has 2 heterocycles. The summed E-state index contributed by atoms with van der Waals surface area (Å²) in [6, 6.07) is 12.2. The van der Waals surface area contributed by atoms with Gasteiger partial charge in [0.2, 0.25) is 0 Å². The number of piperidine rings is 1. The number of benzene rings is 1. The van der Waals surface area contributed by atoms with Crippen molar-refractivity contribution in [3.63, 3.8) is 0 Å². The molecule has 7 heteroatoms. The highest BCUT2D eigenvalue weighted by atomic mass is 28.4. The monoisotopic (exact) mass is 590 g/mol. The van der Waals surface area contributed by atoms with E-state index in [0.29, 0.717) is 31.5 Å². The van der Waals surface area contributed by atoms with Gasteiger partial charge in [-0.3, -0.25) is 0 Å². The first-order valence-corrected chi connectivity index (χ1v) is 20.1. The first-order chi connectivity index (χ1) is 20.0. The first-order valence-electron chi connectivity index (χ1n) is 16.7. The smallest absolute Gasteiger partial charge is 0.185 e. The minimum atomic E-state index is -1.98. The van der Waals surface area contributed by atoms with Gasteiger partial charge in [0.1, 0.15) is 5.60 Å². The predicted octanol–water partition coefficient (Wildman–Crippen LogP) is 7.06. The molecule has 5 fully saturated rings. The highest BCUT2D eigenvalue weighted by Gasteiger charge is 2.66. The average Bonchev–Trinajstić information content (AvgIpc) is 3.53. The summed E-state index contributed by atoms with van der Waals surface area (Å²) in [5.74, 6) is 0.295. The molecule has 7 rings (SSSR count). The van der Waals surface area contributed by atoms with Crippen molar-refractivity contribution in [3.8, 4) is 6.07 Å². The van der Waals surface area contributed by atoms with Crippen LogP contribution in [0.2, 0.25) is 19.6 Å². The number of anilines is 1. The Bertz CT molecular complexity index is 1270. The molecule has 6 atom stereocenters. The summed E-state index contributed by atoms with van der Waals surface area (Å²) in [5, 5.41) is 23.2. The molecule has 1 N–H and O–H groups in total. The fraction of sp³-hybridized carbons (Fsp3) is 0.743. The third-order valence-electron chi connectivity index (χ3n) is 12.0. The van der Waals surface area contributed by atoms with Crippen molar-refractivity contribution < 1.29 is 19.0 Å². The van der Waals surface area contributed by atoms with Crippen LogP contribution in [0.5, 0.6) is 0 Å². The van der Waals surface area contributed by atoms with Crippen molar-refractivity contribution in [1.29, 1.82) is 5.26 Å². The van der Waals surface area contributed by atoms with Crippen LogP contribution in [-0.4, -0.2) is 56.7 Å². The van der Waals surface area contributed by atoms with Crippen molar-refractivity contribution in [2.75, 3.05) is 31.2 Å². The number of hydrogen-bond acceptors (Lipinski definition) is 6. The van der Waals surface area contributed by atoms with Crippen molar-refractivity contribution in [2.24, 2.45) is 17.3 Å². The van der Waals surface area contributed by atoms with Gasteiger partial charge >= 0.3 is 0 Å². The van der Waals surface area contributed by atoms with E-state index in [4.69, 9.17) is 13.9 Å². The molecule has 6 aliphatic rings. The van der Waals surface area contributed by atoms with Crippen LogP contribution < -0.4 is 4.90 Å². The molecule has 6 nitrogen and oxygen atoms in total. The van der Waals surface area contributed by atoms with Gasteiger partial charge in [0.15, 0.2) is 14.1 Å². The van der Waals surface area contributed by atoms with Crippen molar-refractivity contribution in [1.82, 2.24) is 0 Å². The van der Waals surface area contributed by atoms with Crippen LogP contribution in [0.1, 0.15) is 89.0 Å². The zero-order valence-corrected chi connectivity index (χ0v) is 27.2. The Kier molecular flexibility index (Phi) is 7.03. The lowest BCUT2D eigenvalue weighted by atomic mass is 9.50.